The monoisotopic (exact) mass is 298 g/mol. The van der Waals surface area contributed by atoms with E-state index in [4.69, 9.17) is 0 Å². The lowest BCUT2D eigenvalue weighted by Gasteiger charge is -2.17. The van der Waals surface area contributed by atoms with Crippen molar-refractivity contribution in [1.82, 2.24) is 9.55 Å². The van der Waals surface area contributed by atoms with Crippen LogP contribution in [0.3, 0.4) is 0 Å². The summed E-state index contributed by atoms with van der Waals surface area (Å²) in [5.41, 5.74) is 1.16. The van der Waals surface area contributed by atoms with E-state index < -0.39 is 17.8 Å². The van der Waals surface area contributed by atoms with E-state index in [-0.39, 0.29) is 18.5 Å². The van der Waals surface area contributed by atoms with Gasteiger partial charge < -0.3 is 9.67 Å². The van der Waals surface area contributed by atoms with Gasteiger partial charge in [-0.3, -0.25) is 0 Å². The van der Waals surface area contributed by atoms with Gasteiger partial charge in [-0.1, -0.05) is 18.2 Å². The minimum atomic E-state index is -4.40. The number of rotatable bonds is 4. The van der Waals surface area contributed by atoms with Crippen LogP contribution in [-0.4, -0.2) is 20.8 Å². The first kappa shape index (κ1) is 15.6. The first-order valence-electron chi connectivity index (χ1n) is 6.60. The molecule has 0 saturated carbocycles. The van der Waals surface area contributed by atoms with E-state index in [1.807, 2.05) is 13.8 Å². The van der Waals surface area contributed by atoms with Crippen LogP contribution in [0.5, 0.6) is 0 Å². The third kappa shape index (κ3) is 3.64. The third-order valence-electron chi connectivity index (χ3n) is 3.53. The fourth-order valence-corrected chi connectivity index (χ4v) is 2.25. The molecule has 0 aliphatic rings. The average Bonchev–Trinajstić information content (AvgIpc) is 2.70. The summed E-state index contributed by atoms with van der Waals surface area (Å²) in [6.07, 6.45) is -3.77. The molecular formula is C15H17F3N2O. The summed E-state index contributed by atoms with van der Waals surface area (Å²) in [6.45, 7) is 3.93. The molecule has 1 unspecified atom stereocenters. The molecule has 1 heterocycles. The Morgan fingerprint density at radius 3 is 2.48 bits per heavy atom. The van der Waals surface area contributed by atoms with Crippen molar-refractivity contribution in [2.75, 3.05) is 0 Å². The molecular weight excluding hydrogens is 281 g/mol. The highest BCUT2D eigenvalue weighted by Gasteiger charge is 2.33. The zero-order valence-electron chi connectivity index (χ0n) is 11.9. The number of halogens is 3. The Kier molecular flexibility index (Phi) is 4.37. The second-order valence-corrected chi connectivity index (χ2v) is 5.08. The van der Waals surface area contributed by atoms with Crippen LogP contribution < -0.4 is 0 Å². The molecule has 1 aromatic carbocycles. The highest BCUT2D eigenvalue weighted by Crippen LogP contribution is 2.32. The van der Waals surface area contributed by atoms with Gasteiger partial charge in [-0.05, 0) is 25.5 Å². The van der Waals surface area contributed by atoms with Gasteiger partial charge in [0.25, 0.3) is 0 Å². The van der Waals surface area contributed by atoms with Crippen molar-refractivity contribution < 1.29 is 18.3 Å². The number of benzene rings is 1. The molecule has 0 amide bonds. The van der Waals surface area contributed by atoms with Crippen molar-refractivity contribution in [3.63, 3.8) is 0 Å². The van der Waals surface area contributed by atoms with Crippen LogP contribution in [0.4, 0.5) is 13.2 Å². The Morgan fingerprint density at radius 1 is 1.24 bits per heavy atom. The topological polar surface area (TPSA) is 38.0 Å². The Hall–Kier alpha value is -1.82. The highest BCUT2D eigenvalue weighted by molar-refractivity contribution is 5.30. The summed E-state index contributed by atoms with van der Waals surface area (Å²) in [5.74, 6) is 0. The van der Waals surface area contributed by atoms with Gasteiger partial charge in [-0.2, -0.15) is 13.2 Å². The maximum absolute atomic E-state index is 12.9. The average molecular weight is 298 g/mol. The van der Waals surface area contributed by atoms with E-state index in [0.29, 0.717) is 0 Å². The number of imidazole rings is 1. The van der Waals surface area contributed by atoms with Crippen molar-refractivity contribution in [3.8, 4) is 0 Å². The van der Waals surface area contributed by atoms with E-state index in [9.17, 15) is 18.3 Å². The number of aliphatic hydroxyl groups is 1. The van der Waals surface area contributed by atoms with E-state index in [0.717, 1.165) is 17.5 Å². The number of hydrogen-bond donors (Lipinski definition) is 1. The van der Waals surface area contributed by atoms with Crippen LogP contribution in [0.15, 0.2) is 30.6 Å². The molecule has 114 valence electrons. The summed E-state index contributed by atoms with van der Waals surface area (Å²) < 4.78 is 40.4. The molecule has 3 nitrogen and oxygen atoms in total. The van der Waals surface area contributed by atoms with Gasteiger partial charge in [0, 0.05) is 12.1 Å². The van der Waals surface area contributed by atoms with Crippen molar-refractivity contribution in [1.29, 1.82) is 0 Å². The lowest BCUT2D eigenvalue weighted by molar-refractivity contribution is -0.138. The fourth-order valence-electron chi connectivity index (χ4n) is 2.25. The molecule has 0 spiro atoms. The van der Waals surface area contributed by atoms with Crippen molar-refractivity contribution in [2.24, 2.45) is 0 Å². The van der Waals surface area contributed by atoms with E-state index in [1.165, 1.54) is 12.1 Å². The van der Waals surface area contributed by atoms with Crippen LogP contribution in [0, 0.1) is 13.8 Å². The number of nitrogens with zero attached hydrogens (tertiary/aromatic N) is 2. The number of aromatic nitrogens is 2. The molecule has 0 radical (unpaired) electrons. The number of aryl methyl sites for hydroxylation is 1. The van der Waals surface area contributed by atoms with Crippen molar-refractivity contribution >= 4 is 0 Å². The molecule has 1 aromatic heterocycles. The fraction of sp³-hybridized carbons (Fsp3) is 0.400. The van der Waals surface area contributed by atoms with Gasteiger partial charge in [0.05, 0.1) is 30.2 Å². The first-order valence-corrected chi connectivity index (χ1v) is 6.60. The zero-order valence-corrected chi connectivity index (χ0v) is 11.9. The first-order chi connectivity index (χ1) is 9.79. The molecule has 0 saturated heterocycles. The second kappa shape index (κ2) is 5.89. The van der Waals surface area contributed by atoms with Gasteiger partial charge in [0.15, 0.2) is 0 Å². The molecule has 0 aliphatic heterocycles. The summed E-state index contributed by atoms with van der Waals surface area (Å²) in [7, 11) is 0. The van der Waals surface area contributed by atoms with Crippen LogP contribution in [-0.2, 0) is 19.1 Å². The molecule has 1 N–H and O–H groups in total. The van der Waals surface area contributed by atoms with E-state index >= 15 is 0 Å². The summed E-state index contributed by atoms with van der Waals surface area (Å²) in [5, 5.41) is 10.1. The lowest BCUT2D eigenvalue weighted by Crippen LogP contribution is -2.21. The predicted octanol–water partition coefficient (Wildman–Crippen LogP) is 3.12. The third-order valence-corrected chi connectivity index (χ3v) is 3.53. The Morgan fingerprint density at radius 2 is 1.90 bits per heavy atom. The highest BCUT2D eigenvalue weighted by atomic mass is 19.4. The smallest absolute Gasteiger partial charge is 0.391 e. The van der Waals surface area contributed by atoms with E-state index in [2.05, 4.69) is 4.98 Å². The molecule has 0 bridgehead atoms. The Balaban J connectivity index is 2.13. The Bertz CT molecular complexity index is 620. The van der Waals surface area contributed by atoms with Gasteiger partial charge in [-0.15, -0.1) is 0 Å². The second-order valence-electron chi connectivity index (χ2n) is 5.08. The summed E-state index contributed by atoms with van der Waals surface area (Å²) in [6, 6.07) is 5.33. The zero-order chi connectivity index (χ0) is 15.6. The number of aliphatic hydroxyl groups excluding tert-OH is 1. The molecule has 2 aromatic rings. The van der Waals surface area contributed by atoms with Crippen LogP contribution in [0.1, 0.15) is 22.5 Å². The van der Waals surface area contributed by atoms with Crippen molar-refractivity contribution in [3.05, 3.63) is 53.1 Å². The summed E-state index contributed by atoms with van der Waals surface area (Å²) >= 11 is 0. The maximum atomic E-state index is 12.9. The summed E-state index contributed by atoms with van der Waals surface area (Å²) in [4.78, 5) is 4.10. The minimum Gasteiger partial charge on any atom is -0.391 e. The molecule has 21 heavy (non-hydrogen) atoms. The maximum Gasteiger partial charge on any atom is 0.416 e. The normalized spacial score (nSPS) is 13.4. The van der Waals surface area contributed by atoms with Crippen LogP contribution in [0.2, 0.25) is 0 Å². The van der Waals surface area contributed by atoms with Crippen molar-refractivity contribution in [2.45, 2.75) is 39.1 Å². The van der Waals surface area contributed by atoms with Gasteiger partial charge in [0.1, 0.15) is 0 Å². The van der Waals surface area contributed by atoms with Gasteiger partial charge in [-0.25, -0.2) is 4.98 Å². The van der Waals surface area contributed by atoms with Crippen LogP contribution >= 0.6 is 0 Å². The van der Waals surface area contributed by atoms with Crippen LogP contribution in [0.25, 0.3) is 0 Å². The van der Waals surface area contributed by atoms with E-state index in [1.54, 1.807) is 17.0 Å². The van der Waals surface area contributed by atoms with Gasteiger partial charge >= 0.3 is 6.18 Å². The molecule has 6 heteroatoms. The number of alkyl halides is 3. The quantitative estimate of drug-likeness (QED) is 0.942. The molecule has 0 fully saturated rings. The molecule has 1 atom stereocenters. The minimum absolute atomic E-state index is 0.0493. The SMILES string of the molecule is Cc1ncn(CC(O)Cc2ccccc2C(F)(F)F)c1C. The molecule has 2 rings (SSSR count). The lowest BCUT2D eigenvalue weighted by atomic mass is 10.0. The number of hydrogen-bond acceptors (Lipinski definition) is 2. The molecule has 0 aliphatic carbocycles. The Labute approximate surface area is 121 Å². The van der Waals surface area contributed by atoms with Gasteiger partial charge in [0.2, 0.25) is 0 Å². The standard InChI is InChI=1S/C15H17F3N2O/c1-10-11(2)20(9-19-10)8-13(21)7-12-5-3-4-6-14(12)15(16,17)18/h3-6,9,13,21H,7-8H2,1-2H3. The largest absolute Gasteiger partial charge is 0.416 e. The predicted molar refractivity (Wildman–Crippen MR) is 72.9 cm³/mol.